The number of rotatable bonds is 3. The first-order chi connectivity index (χ1) is 7.40. The van der Waals surface area contributed by atoms with Crippen molar-refractivity contribution in [3.63, 3.8) is 0 Å². The van der Waals surface area contributed by atoms with E-state index in [1.165, 1.54) is 45.4 Å². The highest BCUT2D eigenvalue weighted by molar-refractivity contribution is 4.90. The molecule has 0 spiro atoms. The van der Waals surface area contributed by atoms with E-state index in [0.29, 0.717) is 6.54 Å². The van der Waals surface area contributed by atoms with Crippen LogP contribution in [-0.4, -0.2) is 55.1 Å². The van der Waals surface area contributed by atoms with Gasteiger partial charge in [0, 0.05) is 38.8 Å². The Morgan fingerprint density at radius 2 is 2.07 bits per heavy atom. The van der Waals surface area contributed by atoms with E-state index in [4.69, 9.17) is 5.73 Å². The molecule has 2 aliphatic rings. The Kier molecular flexibility index (Phi) is 4.18. The Morgan fingerprint density at radius 3 is 2.93 bits per heavy atom. The standard InChI is InChI=1S/C12H23N3/c13-6-2-4-7-14-9-10-15-8-3-1-5-12(15)11-14/h2,4,12H,1,3,5-11,13H2. The molecule has 3 nitrogen and oxygen atoms in total. The molecule has 0 aromatic carbocycles. The highest BCUT2D eigenvalue weighted by Crippen LogP contribution is 2.20. The van der Waals surface area contributed by atoms with Gasteiger partial charge in [-0.25, -0.2) is 0 Å². The summed E-state index contributed by atoms with van der Waals surface area (Å²) in [4.78, 5) is 5.23. The summed E-state index contributed by atoms with van der Waals surface area (Å²) in [6.45, 7) is 6.84. The smallest absolute Gasteiger partial charge is 0.0223 e. The lowest BCUT2D eigenvalue weighted by molar-refractivity contribution is 0.0552. The fraction of sp³-hybridized carbons (Fsp3) is 0.833. The van der Waals surface area contributed by atoms with Crippen molar-refractivity contribution in [3.05, 3.63) is 12.2 Å². The Labute approximate surface area is 92.9 Å². The monoisotopic (exact) mass is 209 g/mol. The van der Waals surface area contributed by atoms with Crippen LogP contribution in [0.25, 0.3) is 0 Å². The third kappa shape index (κ3) is 3.03. The van der Waals surface area contributed by atoms with E-state index in [1.54, 1.807) is 0 Å². The Hall–Kier alpha value is -0.380. The van der Waals surface area contributed by atoms with Crippen molar-refractivity contribution in [3.8, 4) is 0 Å². The van der Waals surface area contributed by atoms with Gasteiger partial charge in [0.1, 0.15) is 0 Å². The molecule has 2 aliphatic heterocycles. The zero-order chi connectivity index (χ0) is 10.5. The third-order valence-electron chi connectivity index (χ3n) is 3.59. The topological polar surface area (TPSA) is 32.5 Å². The van der Waals surface area contributed by atoms with Gasteiger partial charge >= 0.3 is 0 Å². The van der Waals surface area contributed by atoms with Crippen LogP contribution in [0.4, 0.5) is 0 Å². The average Bonchev–Trinajstić information content (AvgIpc) is 2.29. The lowest BCUT2D eigenvalue weighted by atomic mass is 9.99. The summed E-state index contributed by atoms with van der Waals surface area (Å²) in [7, 11) is 0. The Balaban J connectivity index is 1.78. The van der Waals surface area contributed by atoms with E-state index in [0.717, 1.165) is 12.6 Å². The van der Waals surface area contributed by atoms with Gasteiger partial charge in [-0.1, -0.05) is 18.6 Å². The lowest BCUT2D eigenvalue weighted by Gasteiger charge is -2.43. The molecule has 3 heteroatoms. The number of piperidine rings is 1. The summed E-state index contributed by atoms with van der Waals surface area (Å²) in [5, 5.41) is 0. The van der Waals surface area contributed by atoms with Gasteiger partial charge in [0.15, 0.2) is 0 Å². The minimum atomic E-state index is 0.670. The van der Waals surface area contributed by atoms with Gasteiger partial charge in [0.2, 0.25) is 0 Å². The van der Waals surface area contributed by atoms with Gasteiger partial charge in [-0.05, 0) is 19.4 Å². The molecule has 86 valence electrons. The molecule has 0 bridgehead atoms. The molecule has 2 rings (SSSR count). The first kappa shape index (κ1) is 11.1. The normalized spacial score (nSPS) is 29.5. The second kappa shape index (κ2) is 5.64. The molecular formula is C12H23N3. The van der Waals surface area contributed by atoms with Gasteiger partial charge in [0.05, 0.1) is 0 Å². The predicted octanol–water partition coefficient (Wildman–Crippen LogP) is 0.671. The maximum atomic E-state index is 5.44. The van der Waals surface area contributed by atoms with E-state index in [9.17, 15) is 0 Å². The second-order valence-corrected chi connectivity index (χ2v) is 4.65. The fourth-order valence-corrected chi connectivity index (χ4v) is 2.71. The van der Waals surface area contributed by atoms with Crippen LogP contribution in [0, 0.1) is 0 Å². The summed E-state index contributed by atoms with van der Waals surface area (Å²) in [5.74, 6) is 0. The molecule has 0 amide bonds. The number of fused-ring (bicyclic) bond motifs is 1. The minimum Gasteiger partial charge on any atom is -0.327 e. The molecule has 0 saturated carbocycles. The van der Waals surface area contributed by atoms with Crippen molar-refractivity contribution in [2.75, 3.05) is 39.3 Å². The van der Waals surface area contributed by atoms with Gasteiger partial charge < -0.3 is 5.73 Å². The van der Waals surface area contributed by atoms with Crippen LogP contribution in [0.3, 0.4) is 0 Å². The molecule has 1 atom stereocenters. The lowest BCUT2D eigenvalue weighted by Crippen LogP contribution is -2.54. The number of hydrogen-bond acceptors (Lipinski definition) is 3. The number of hydrogen-bond donors (Lipinski definition) is 1. The highest BCUT2D eigenvalue weighted by atomic mass is 15.3. The average molecular weight is 209 g/mol. The maximum absolute atomic E-state index is 5.44. The van der Waals surface area contributed by atoms with Crippen LogP contribution in [0.2, 0.25) is 0 Å². The molecule has 2 saturated heterocycles. The van der Waals surface area contributed by atoms with Crippen molar-refractivity contribution < 1.29 is 0 Å². The maximum Gasteiger partial charge on any atom is 0.0223 e. The van der Waals surface area contributed by atoms with Gasteiger partial charge in [-0.3, -0.25) is 9.80 Å². The summed E-state index contributed by atoms with van der Waals surface area (Å²) < 4.78 is 0. The van der Waals surface area contributed by atoms with Crippen molar-refractivity contribution in [2.45, 2.75) is 25.3 Å². The van der Waals surface area contributed by atoms with Crippen molar-refractivity contribution in [2.24, 2.45) is 5.73 Å². The predicted molar refractivity (Wildman–Crippen MR) is 63.8 cm³/mol. The number of nitrogens with zero attached hydrogens (tertiary/aromatic N) is 2. The number of nitrogens with two attached hydrogens (primary N) is 1. The Morgan fingerprint density at radius 1 is 1.13 bits per heavy atom. The van der Waals surface area contributed by atoms with Gasteiger partial charge in [-0.15, -0.1) is 0 Å². The van der Waals surface area contributed by atoms with E-state index < -0.39 is 0 Å². The van der Waals surface area contributed by atoms with Gasteiger partial charge in [-0.2, -0.15) is 0 Å². The quantitative estimate of drug-likeness (QED) is 0.694. The molecule has 0 aliphatic carbocycles. The van der Waals surface area contributed by atoms with Gasteiger partial charge in [0.25, 0.3) is 0 Å². The van der Waals surface area contributed by atoms with Crippen LogP contribution in [0.1, 0.15) is 19.3 Å². The SMILES string of the molecule is NCC=CCN1CCN2CCCCC2C1. The molecule has 2 heterocycles. The second-order valence-electron chi connectivity index (χ2n) is 4.65. The molecule has 0 radical (unpaired) electrons. The van der Waals surface area contributed by atoms with Crippen LogP contribution < -0.4 is 5.73 Å². The first-order valence-electron chi connectivity index (χ1n) is 6.21. The largest absolute Gasteiger partial charge is 0.327 e. The fourth-order valence-electron chi connectivity index (χ4n) is 2.71. The first-order valence-corrected chi connectivity index (χ1v) is 6.21. The van der Waals surface area contributed by atoms with E-state index >= 15 is 0 Å². The zero-order valence-corrected chi connectivity index (χ0v) is 9.57. The van der Waals surface area contributed by atoms with Crippen molar-refractivity contribution in [1.82, 2.24) is 9.80 Å². The number of piperazine rings is 1. The molecule has 0 aromatic heterocycles. The molecule has 2 fully saturated rings. The van der Waals surface area contributed by atoms with Crippen LogP contribution in [0.5, 0.6) is 0 Å². The minimum absolute atomic E-state index is 0.670. The van der Waals surface area contributed by atoms with E-state index in [2.05, 4.69) is 22.0 Å². The highest BCUT2D eigenvalue weighted by Gasteiger charge is 2.27. The Bertz CT molecular complexity index is 215. The van der Waals surface area contributed by atoms with Crippen LogP contribution in [-0.2, 0) is 0 Å². The van der Waals surface area contributed by atoms with Crippen molar-refractivity contribution in [1.29, 1.82) is 0 Å². The summed E-state index contributed by atoms with van der Waals surface area (Å²) in [5.41, 5.74) is 5.44. The van der Waals surface area contributed by atoms with E-state index in [-0.39, 0.29) is 0 Å². The third-order valence-corrected chi connectivity index (χ3v) is 3.59. The summed E-state index contributed by atoms with van der Waals surface area (Å²) in [6, 6.07) is 0.832. The van der Waals surface area contributed by atoms with Crippen LogP contribution >= 0.6 is 0 Å². The molecule has 2 N–H and O–H groups in total. The zero-order valence-electron chi connectivity index (χ0n) is 9.57. The molecule has 0 aromatic rings. The van der Waals surface area contributed by atoms with E-state index in [1.807, 2.05) is 0 Å². The molecule has 15 heavy (non-hydrogen) atoms. The van der Waals surface area contributed by atoms with Crippen molar-refractivity contribution >= 4 is 0 Å². The van der Waals surface area contributed by atoms with Crippen LogP contribution in [0.15, 0.2) is 12.2 Å². The summed E-state index contributed by atoms with van der Waals surface area (Å²) >= 11 is 0. The molecule has 1 unspecified atom stereocenters. The molecular weight excluding hydrogens is 186 g/mol. The summed E-state index contributed by atoms with van der Waals surface area (Å²) in [6.07, 6.45) is 8.50.